The number of hydrogen-bond acceptors (Lipinski definition) is 5. The molecule has 1 aliphatic rings. The fourth-order valence-electron chi connectivity index (χ4n) is 3.53. The molecule has 1 aromatic heterocycles. The van der Waals surface area contributed by atoms with E-state index in [1.54, 1.807) is 18.2 Å². The van der Waals surface area contributed by atoms with Crippen molar-refractivity contribution in [3.63, 3.8) is 0 Å². The van der Waals surface area contributed by atoms with E-state index in [1.807, 2.05) is 12.1 Å². The van der Waals surface area contributed by atoms with Gasteiger partial charge in [0.05, 0.1) is 16.0 Å². The van der Waals surface area contributed by atoms with E-state index in [0.717, 1.165) is 28.5 Å². The van der Waals surface area contributed by atoms with Crippen molar-refractivity contribution >= 4 is 26.6 Å². The molecule has 1 aliphatic heterocycles. The van der Waals surface area contributed by atoms with Gasteiger partial charge in [-0.1, -0.05) is 30.3 Å². The Morgan fingerprint density at radius 1 is 1.06 bits per heavy atom. The Morgan fingerprint density at radius 3 is 2.61 bits per heavy atom. The number of alkyl halides is 3. The summed E-state index contributed by atoms with van der Waals surface area (Å²) >= 11 is 0. The quantitative estimate of drug-likeness (QED) is 0.665. The highest BCUT2D eigenvalue weighted by Gasteiger charge is 2.39. The lowest BCUT2D eigenvalue weighted by Gasteiger charge is -2.35. The number of aromatic nitrogens is 1. The first-order chi connectivity index (χ1) is 14.7. The number of halogens is 3. The maximum Gasteiger partial charge on any atom is 0.416 e. The molecule has 31 heavy (non-hydrogen) atoms. The summed E-state index contributed by atoms with van der Waals surface area (Å²) in [4.78, 5) is 18.2. The average Bonchev–Trinajstić information content (AvgIpc) is 2.78. The van der Waals surface area contributed by atoms with Gasteiger partial charge in [-0.25, -0.2) is 13.4 Å². The number of nitrogens with one attached hydrogen (secondary N) is 1. The van der Waals surface area contributed by atoms with Crippen LogP contribution in [0.15, 0.2) is 65.6 Å². The van der Waals surface area contributed by atoms with Crippen LogP contribution in [0.1, 0.15) is 16.1 Å². The second kappa shape index (κ2) is 7.93. The molecule has 2 aromatic carbocycles. The van der Waals surface area contributed by atoms with Gasteiger partial charge >= 0.3 is 6.18 Å². The van der Waals surface area contributed by atoms with Crippen LogP contribution in [0.3, 0.4) is 0 Å². The molecule has 1 atom stereocenters. The molecule has 0 bridgehead atoms. The summed E-state index contributed by atoms with van der Waals surface area (Å²) in [5.41, 5.74) is -0.406. The predicted molar refractivity (Wildman–Crippen MR) is 108 cm³/mol. The summed E-state index contributed by atoms with van der Waals surface area (Å²) in [6.07, 6.45) is -4.68. The Kier molecular flexibility index (Phi) is 5.44. The van der Waals surface area contributed by atoms with Crippen LogP contribution in [0.2, 0.25) is 0 Å². The first kappa shape index (κ1) is 21.3. The van der Waals surface area contributed by atoms with Gasteiger partial charge in [0.25, 0.3) is 5.91 Å². The third kappa shape index (κ3) is 4.13. The van der Waals surface area contributed by atoms with Crippen molar-refractivity contribution in [1.82, 2.24) is 15.2 Å². The smallest absolute Gasteiger partial charge is 0.317 e. The fourth-order valence-corrected chi connectivity index (χ4v) is 5.27. The molecule has 1 N–H and O–H groups in total. The molecular formula is C21H18F3N3O3S. The number of nitrogens with zero attached hydrogens (tertiary/aromatic N) is 2. The van der Waals surface area contributed by atoms with Crippen molar-refractivity contribution in [3.05, 3.63) is 71.9 Å². The second-order valence-corrected chi connectivity index (χ2v) is 9.22. The number of hydrogen-bond donors (Lipinski definition) is 1. The van der Waals surface area contributed by atoms with Crippen molar-refractivity contribution in [1.29, 1.82) is 0 Å². The minimum Gasteiger partial charge on any atom is -0.317 e. The summed E-state index contributed by atoms with van der Waals surface area (Å²) < 4.78 is 65.6. The van der Waals surface area contributed by atoms with Crippen molar-refractivity contribution in [2.45, 2.75) is 16.4 Å². The zero-order chi connectivity index (χ0) is 22.2. The van der Waals surface area contributed by atoms with Gasteiger partial charge in [0, 0.05) is 25.0 Å². The first-order valence-electron chi connectivity index (χ1n) is 9.46. The van der Waals surface area contributed by atoms with Crippen molar-refractivity contribution in [2.24, 2.45) is 0 Å². The van der Waals surface area contributed by atoms with Crippen LogP contribution >= 0.6 is 0 Å². The van der Waals surface area contributed by atoms with Gasteiger partial charge < -0.3 is 10.2 Å². The van der Waals surface area contributed by atoms with Gasteiger partial charge in [0.2, 0.25) is 9.84 Å². The van der Waals surface area contributed by atoms with E-state index in [4.69, 9.17) is 0 Å². The SMILES string of the molecule is O=C(c1ccc2ccccc2n1)N1CCNCC1S(=O)(=O)c1cccc(C(F)(F)F)c1. The highest BCUT2D eigenvalue weighted by Crippen LogP contribution is 2.32. The molecule has 162 valence electrons. The molecule has 3 aromatic rings. The molecule has 0 radical (unpaired) electrons. The molecule has 6 nitrogen and oxygen atoms in total. The number of pyridine rings is 1. The molecule has 1 amide bonds. The van der Waals surface area contributed by atoms with E-state index in [0.29, 0.717) is 18.1 Å². The zero-order valence-electron chi connectivity index (χ0n) is 16.1. The summed E-state index contributed by atoms with van der Waals surface area (Å²) in [6, 6.07) is 14.0. The first-order valence-corrected chi connectivity index (χ1v) is 11.0. The van der Waals surface area contributed by atoms with E-state index < -0.39 is 37.8 Å². The number of piperazine rings is 1. The number of sulfone groups is 1. The molecule has 1 fully saturated rings. The molecular weight excluding hydrogens is 431 g/mol. The van der Waals surface area contributed by atoms with Crippen LogP contribution in [-0.4, -0.2) is 49.2 Å². The monoisotopic (exact) mass is 449 g/mol. The molecule has 1 saturated heterocycles. The van der Waals surface area contributed by atoms with Gasteiger partial charge in [0.1, 0.15) is 5.69 Å². The Bertz CT molecular complexity index is 1250. The Labute approximate surface area is 176 Å². The minimum atomic E-state index is -4.68. The van der Waals surface area contributed by atoms with Gasteiger partial charge in [-0.3, -0.25) is 4.79 Å². The lowest BCUT2D eigenvalue weighted by molar-refractivity contribution is -0.137. The lowest BCUT2D eigenvalue weighted by atomic mass is 10.2. The van der Waals surface area contributed by atoms with Crippen molar-refractivity contribution < 1.29 is 26.4 Å². The predicted octanol–water partition coefficient (Wildman–Crippen LogP) is 3.10. The molecule has 0 aliphatic carbocycles. The summed E-state index contributed by atoms with van der Waals surface area (Å²) in [5.74, 6) is -0.590. The number of amides is 1. The maximum atomic E-state index is 13.2. The lowest BCUT2D eigenvalue weighted by Crippen LogP contribution is -2.56. The Morgan fingerprint density at radius 2 is 1.84 bits per heavy atom. The van der Waals surface area contributed by atoms with Crippen LogP contribution < -0.4 is 5.32 Å². The van der Waals surface area contributed by atoms with E-state index in [-0.39, 0.29) is 18.8 Å². The summed E-state index contributed by atoms with van der Waals surface area (Å²) in [7, 11) is -4.27. The molecule has 4 rings (SSSR count). The molecule has 0 saturated carbocycles. The topological polar surface area (TPSA) is 79.4 Å². The number of carbonyl (C=O) groups excluding carboxylic acids is 1. The van der Waals surface area contributed by atoms with Crippen LogP contribution in [0.25, 0.3) is 10.9 Å². The van der Waals surface area contributed by atoms with Gasteiger partial charge in [-0.2, -0.15) is 13.2 Å². The van der Waals surface area contributed by atoms with Gasteiger partial charge in [0.15, 0.2) is 5.37 Å². The maximum absolute atomic E-state index is 13.2. The number of carbonyl (C=O) groups is 1. The number of benzene rings is 2. The van der Waals surface area contributed by atoms with Crippen molar-refractivity contribution in [2.75, 3.05) is 19.6 Å². The van der Waals surface area contributed by atoms with E-state index in [9.17, 15) is 26.4 Å². The fraction of sp³-hybridized carbons (Fsp3) is 0.238. The van der Waals surface area contributed by atoms with Crippen LogP contribution in [0.4, 0.5) is 13.2 Å². The van der Waals surface area contributed by atoms with E-state index >= 15 is 0 Å². The highest BCUT2D eigenvalue weighted by molar-refractivity contribution is 7.92. The van der Waals surface area contributed by atoms with Crippen LogP contribution in [-0.2, 0) is 16.0 Å². The van der Waals surface area contributed by atoms with Crippen LogP contribution in [0, 0.1) is 0 Å². The summed E-state index contributed by atoms with van der Waals surface area (Å²) in [5, 5.41) is 2.38. The normalized spacial score (nSPS) is 17.6. The summed E-state index contributed by atoms with van der Waals surface area (Å²) in [6.45, 7) is 0.335. The van der Waals surface area contributed by atoms with Gasteiger partial charge in [-0.15, -0.1) is 0 Å². The zero-order valence-corrected chi connectivity index (χ0v) is 16.9. The molecule has 0 spiro atoms. The van der Waals surface area contributed by atoms with E-state index in [2.05, 4.69) is 10.3 Å². The van der Waals surface area contributed by atoms with Gasteiger partial charge in [-0.05, 0) is 30.3 Å². The molecule has 2 heterocycles. The van der Waals surface area contributed by atoms with Crippen molar-refractivity contribution in [3.8, 4) is 0 Å². The number of fused-ring (bicyclic) bond motifs is 1. The third-order valence-corrected chi connectivity index (χ3v) is 7.17. The average molecular weight is 449 g/mol. The standard InChI is InChI=1S/C21H18F3N3O3S/c22-21(23,24)15-5-3-6-16(12-15)31(29,30)19-13-25-10-11-27(19)20(28)18-9-8-14-4-1-2-7-17(14)26-18/h1-9,12,19,25H,10-11,13H2. The Hall–Kier alpha value is -2.98. The number of para-hydroxylation sites is 1. The third-order valence-electron chi connectivity index (χ3n) is 5.12. The van der Waals surface area contributed by atoms with E-state index in [1.165, 1.54) is 6.07 Å². The minimum absolute atomic E-state index is 0.0739. The molecule has 10 heteroatoms. The second-order valence-electron chi connectivity index (χ2n) is 7.12. The Balaban J connectivity index is 1.70. The largest absolute Gasteiger partial charge is 0.416 e. The number of rotatable bonds is 3. The highest BCUT2D eigenvalue weighted by atomic mass is 32.2. The van der Waals surface area contributed by atoms with Crippen LogP contribution in [0.5, 0.6) is 0 Å². The molecule has 1 unspecified atom stereocenters.